The monoisotopic (exact) mass is 529 g/mol. The first-order valence-electron chi connectivity index (χ1n) is 10.6. The van der Waals surface area contributed by atoms with Gasteiger partial charge in [-0.2, -0.15) is 0 Å². The largest absolute Gasteiger partial charge is 0.457 e. The Labute approximate surface area is 216 Å². The average Bonchev–Trinajstić information content (AvgIpc) is 2.87. The number of amides is 3. The SMILES string of the molecule is O=C(COC(=O)CCC(=O)Nc1ccc(Oc2ccc(Cl)cc2)cc1)NNC(=O)c1ccc(Cl)cc1. The molecule has 0 bridgehead atoms. The minimum Gasteiger partial charge on any atom is -0.457 e. The van der Waals surface area contributed by atoms with Gasteiger partial charge in [-0.1, -0.05) is 23.2 Å². The molecule has 0 saturated carbocycles. The first-order chi connectivity index (χ1) is 17.3. The number of esters is 1. The van der Waals surface area contributed by atoms with Crippen molar-refractivity contribution >= 4 is 52.6 Å². The number of carbonyl (C=O) groups excluding carboxylic acids is 4. The van der Waals surface area contributed by atoms with Gasteiger partial charge in [0.1, 0.15) is 11.5 Å². The Morgan fingerprint density at radius 2 is 1.22 bits per heavy atom. The molecule has 3 N–H and O–H groups in total. The lowest BCUT2D eigenvalue weighted by molar-refractivity contribution is -0.149. The summed E-state index contributed by atoms with van der Waals surface area (Å²) in [5, 5.41) is 3.73. The summed E-state index contributed by atoms with van der Waals surface area (Å²) in [6, 6.07) is 19.6. The van der Waals surface area contributed by atoms with Gasteiger partial charge in [0.2, 0.25) is 5.91 Å². The van der Waals surface area contributed by atoms with Crippen LogP contribution in [0.3, 0.4) is 0 Å². The van der Waals surface area contributed by atoms with Crippen molar-refractivity contribution in [2.24, 2.45) is 0 Å². The van der Waals surface area contributed by atoms with Crippen LogP contribution in [0.15, 0.2) is 72.8 Å². The third-order valence-corrected chi connectivity index (χ3v) is 5.03. The number of benzene rings is 3. The highest BCUT2D eigenvalue weighted by molar-refractivity contribution is 6.30. The molecule has 0 aliphatic carbocycles. The van der Waals surface area contributed by atoms with Crippen molar-refractivity contribution in [2.45, 2.75) is 12.8 Å². The van der Waals surface area contributed by atoms with Gasteiger partial charge >= 0.3 is 5.97 Å². The fourth-order valence-corrected chi connectivity index (χ4v) is 2.99. The number of carbonyl (C=O) groups is 4. The van der Waals surface area contributed by atoms with E-state index in [1.807, 2.05) is 0 Å². The van der Waals surface area contributed by atoms with E-state index in [0.29, 0.717) is 27.2 Å². The second-order valence-electron chi connectivity index (χ2n) is 7.30. The van der Waals surface area contributed by atoms with Crippen LogP contribution >= 0.6 is 23.2 Å². The molecule has 3 aromatic rings. The van der Waals surface area contributed by atoms with Gasteiger partial charge in [-0.05, 0) is 72.8 Å². The number of halogens is 2. The zero-order valence-corrected chi connectivity index (χ0v) is 20.3. The maximum atomic E-state index is 12.1. The van der Waals surface area contributed by atoms with E-state index in [0.717, 1.165) is 0 Å². The highest BCUT2D eigenvalue weighted by Gasteiger charge is 2.12. The molecular formula is C25H21Cl2N3O6. The first kappa shape index (κ1) is 26.5. The molecule has 0 aliphatic rings. The van der Waals surface area contributed by atoms with Gasteiger partial charge in [-0.15, -0.1) is 0 Å². The van der Waals surface area contributed by atoms with Crippen LogP contribution in [0.5, 0.6) is 11.5 Å². The Morgan fingerprint density at radius 3 is 1.83 bits per heavy atom. The van der Waals surface area contributed by atoms with Crippen LogP contribution in [0.25, 0.3) is 0 Å². The predicted octanol–water partition coefficient (Wildman–Crippen LogP) is 4.51. The van der Waals surface area contributed by atoms with Crippen molar-refractivity contribution in [3.63, 3.8) is 0 Å². The van der Waals surface area contributed by atoms with Crippen LogP contribution in [0.2, 0.25) is 10.0 Å². The number of ether oxygens (including phenoxy) is 2. The normalized spacial score (nSPS) is 10.2. The number of hydrogen-bond donors (Lipinski definition) is 3. The molecular weight excluding hydrogens is 509 g/mol. The molecule has 0 radical (unpaired) electrons. The highest BCUT2D eigenvalue weighted by Crippen LogP contribution is 2.24. The molecule has 0 spiro atoms. The van der Waals surface area contributed by atoms with Crippen LogP contribution in [0.1, 0.15) is 23.2 Å². The van der Waals surface area contributed by atoms with Gasteiger partial charge < -0.3 is 14.8 Å². The van der Waals surface area contributed by atoms with E-state index in [1.54, 1.807) is 48.5 Å². The summed E-state index contributed by atoms with van der Waals surface area (Å²) in [5.41, 5.74) is 5.12. The molecule has 36 heavy (non-hydrogen) atoms. The predicted molar refractivity (Wildman–Crippen MR) is 134 cm³/mol. The molecule has 0 aromatic heterocycles. The molecule has 0 saturated heterocycles. The van der Waals surface area contributed by atoms with E-state index < -0.39 is 30.3 Å². The standard InChI is InChI=1S/C25H21Cl2N3O6/c26-17-3-1-16(2-4-17)25(34)30-29-23(32)15-35-24(33)14-13-22(31)28-19-7-11-21(12-8-19)36-20-9-5-18(27)6-10-20/h1-12H,13-15H2,(H,28,31)(H,29,32)(H,30,34). The summed E-state index contributed by atoms with van der Waals surface area (Å²) in [4.78, 5) is 47.6. The molecule has 3 amide bonds. The zero-order chi connectivity index (χ0) is 25.9. The Hall–Kier alpha value is -4.08. The van der Waals surface area contributed by atoms with Gasteiger partial charge in [0.15, 0.2) is 6.61 Å². The summed E-state index contributed by atoms with van der Waals surface area (Å²) in [6.07, 6.45) is -0.370. The van der Waals surface area contributed by atoms with E-state index in [9.17, 15) is 19.2 Å². The number of hydrogen-bond acceptors (Lipinski definition) is 6. The molecule has 3 aromatic carbocycles. The van der Waals surface area contributed by atoms with Crippen molar-refractivity contribution in [2.75, 3.05) is 11.9 Å². The Bertz CT molecular complexity index is 1220. The third kappa shape index (κ3) is 8.94. The van der Waals surface area contributed by atoms with Gasteiger partial charge in [0.05, 0.1) is 6.42 Å². The van der Waals surface area contributed by atoms with Gasteiger partial charge in [0.25, 0.3) is 11.8 Å². The molecule has 0 atom stereocenters. The maximum Gasteiger partial charge on any atom is 0.306 e. The van der Waals surface area contributed by atoms with Gasteiger partial charge in [-0.25, -0.2) is 0 Å². The quantitative estimate of drug-likeness (QED) is 0.277. The molecule has 0 heterocycles. The molecule has 0 fully saturated rings. The lowest BCUT2D eigenvalue weighted by atomic mass is 10.2. The topological polar surface area (TPSA) is 123 Å². The molecule has 9 nitrogen and oxygen atoms in total. The van der Waals surface area contributed by atoms with Gasteiger partial charge in [-0.3, -0.25) is 30.0 Å². The zero-order valence-electron chi connectivity index (χ0n) is 18.8. The minimum atomic E-state index is -0.740. The van der Waals surface area contributed by atoms with Crippen LogP contribution < -0.4 is 20.9 Å². The van der Waals surface area contributed by atoms with Gasteiger partial charge in [0, 0.05) is 27.7 Å². The number of nitrogens with one attached hydrogen (secondary N) is 3. The third-order valence-electron chi connectivity index (χ3n) is 4.53. The Morgan fingerprint density at radius 1 is 0.667 bits per heavy atom. The van der Waals surface area contributed by atoms with E-state index >= 15 is 0 Å². The Balaban J connectivity index is 1.32. The maximum absolute atomic E-state index is 12.1. The summed E-state index contributed by atoms with van der Waals surface area (Å²) in [7, 11) is 0. The molecule has 0 aliphatic heterocycles. The highest BCUT2D eigenvalue weighted by atomic mass is 35.5. The van der Waals surface area contributed by atoms with Crippen molar-refractivity contribution < 1.29 is 28.7 Å². The van der Waals surface area contributed by atoms with Crippen LogP contribution in [0.4, 0.5) is 5.69 Å². The van der Waals surface area contributed by atoms with E-state index in [-0.39, 0.29) is 18.4 Å². The second kappa shape index (κ2) is 13.1. The van der Waals surface area contributed by atoms with Crippen molar-refractivity contribution in [1.29, 1.82) is 0 Å². The number of anilines is 1. The smallest absolute Gasteiger partial charge is 0.306 e. The number of hydrazine groups is 1. The fraction of sp³-hybridized carbons (Fsp3) is 0.120. The fourth-order valence-electron chi connectivity index (χ4n) is 2.74. The molecule has 186 valence electrons. The molecule has 0 unspecified atom stereocenters. The summed E-state index contributed by atoms with van der Waals surface area (Å²) in [5.74, 6) is -1.26. The lowest BCUT2D eigenvalue weighted by Crippen LogP contribution is -2.43. The van der Waals surface area contributed by atoms with Crippen molar-refractivity contribution in [3.05, 3.63) is 88.4 Å². The molecule has 11 heteroatoms. The van der Waals surface area contributed by atoms with Crippen molar-refractivity contribution in [1.82, 2.24) is 10.9 Å². The molecule has 3 rings (SSSR count). The average molecular weight is 530 g/mol. The minimum absolute atomic E-state index is 0.142. The second-order valence-corrected chi connectivity index (χ2v) is 8.17. The van der Waals surface area contributed by atoms with Crippen molar-refractivity contribution in [3.8, 4) is 11.5 Å². The van der Waals surface area contributed by atoms with E-state index in [2.05, 4.69) is 16.2 Å². The van der Waals surface area contributed by atoms with E-state index in [4.69, 9.17) is 32.7 Å². The van der Waals surface area contributed by atoms with E-state index in [1.165, 1.54) is 24.3 Å². The first-order valence-corrected chi connectivity index (χ1v) is 11.4. The summed E-state index contributed by atoms with van der Waals surface area (Å²) < 4.78 is 10.5. The van der Waals surface area contributed by atoms with Crippen LogP contribution in [-0.2, 0) is 19.1 Å². The number of rotatable bonds is 9. The lowest BCUT2D eigenvalue weighted by Gasteiger charge is -2.09. The summed E-state index contributed by atoms with van der Waals surface area (Å²) >= 11 is 11.6. The summed E-state index contributed by atoms with van der Waals surface area (Å²) in [6.45, 7) is -0.615. The van der Waals surface area contributed by atoms with Crippen LogP contribution in [-0.4, -0.2) is 30.3 Å². The Kier molecular flexibility index (Phi) is 9.67. The van der Waals surface area contributed by atoms with Crippen LogP contribution in [0, 0.1) is 0 Å².